The van der Waals surface area contributed by atoms with Crippen molar-refractivity contribution in [2.45, 2.75) is 13.0 Å². The molecule has 30 heavy (non-hydrogen) atoms. The number of aromatic nitrogens is 2. The van der Waals surface area contributed by atoms with Gasteiger partial charge >= 0.3 is 0 Å². The van der Waals surface area contributed by atoms with E-state index < -0.39 is 18.2 Å². The van der Waals surface area contributed by atoms with Crippen molar-refractivity contribution >= 4 is 12.2 Å². The predicted octanol–water partition coefficient (Wildman–Crippen LogP) is 2.23. The third-order valence-electron chi connectivity index (χ3n) is 3.82. The number of hydrogen-bond acceptors (Lipinski definition) is 9. The van der Waals surface area contributed by atoms with Crippen LogP contribution in [0, 0.1) is 17.0 Å². The maximum absolute atomic E-state index is 14.4. The van der Waals surface area contributed by atoms with Gasteiger partial charge in [0.05, 0.1) is 37.9 Å². The monoisotopic (exact) mass is 423 g/mol. The molecule has 0 saturated heterocycles. The smallest absolute Gasteiger partial charge is 0.227 e. The van der Waals surface area contributed by atoms with Gasteiger partial charge in [-0.05, 0) is 6.42 Å². The number of benzene rings is 1. The lowest BCUT2D eigenvalue weighted by atomic mass is 10.1. The van der Waals surface area contributed by atoms with Crippen LogP contribution in [0.15, 0.2) is 30.4 Å². The average molecular weight is 423 g/mol. The number of anilines is 1. The summed E-state index contributed by atoms with van der Waals surface area (Å²) in [6.07, 6.45) is 5.84. The molecule has 2 rings (SSSR count). The van der Waals surface area contributed by atoms with Gasteiger partial charge in [-0.15, -0.1) is 0 Å². The fraction of sp³-hybridized carbons (Fsp3) is 0.316. The minimum absolute atomic E-state index is 0.0646. The first-order chi connectivity index (χ1) is 14.5. The quantitative estimate of drug-likeness (QED) is 0.303. The Bertz CT molecular complexity index is 850. The van der Waals surface area contributed by atoms with Crippen molar-refractivity contribution in [3.8, 4) is 17.2 Å². The molecule has 0 fully saturated rings. The fourth-order valence-corrected chi connectivity index (χ4v) is 2.28. The highest BCUT2D eigenvalue weighted by Crippen LogP contribution is 2.31. The van der Waals surface area contributed by atoms with Crippen molar-refractivity contribution in [2.24, 2.45) is 0 Å². The van der Waals surface area contributed by atoms with Crippen molar-refractivity contribution in [1.82, 2.24) is 15.3 Å². The molecule has 1 aromatic carbocycles. The van der Waals surface area contributed by atoms with Crippen molar-refractivity contribution in [3.05, 3.63) is 47.6 Å². The van der Waals surface area contributed by atoms with Crippen LogP contribution in [-0.4, -0.2) is 48.7 Å². The Morgan fingerprint density at radius 2 is 1.80 bits per heavy atom. The number of allylic oxidation sites excluding steroid dienone is 1. The third-order valence-corrected chi connectivity index (χ3v) is 3.82. The van der Waals surface area contributed by atoms with E-state index >= 15 is 0 Å². The minimum atomic E-state index is -0.885. The van der Waals surface area contributed by atoms with E-state index in [-0.39, 0.29) is 35.4 Å². The number of hydrogen-bond donors (Lipinski definition) is 4. The Labute approximate surface area is 172 Å². The van der Waals surface area contributed by atoms with Gasteiger partial charge in [0, 0.05) is 31.6 Å². The topological polar surface area (TPSA) is 122 Å². The Balaban J connectivity index is 2.04. The maximum atomic E-state index is 14.4. The molecule has 11 heteroatoms. The van der Waals surface area contributed by atoms with Crippen LogP contribution in [0.1, 0.15) is 12.0 Å². The summed E-state index contributed by atoms with van der Waals surface area (Å²) in [5.41, 5.74) is 0.0469. The summed E-state index contributed by atoms with van der Waals surface area (Å²) in [7, 11) is 2.53. The van der Waals surface area contributed by atoms with E-state index in [1.54, 1.807) is 6.20 Å². The lowest BCUT2D eigenvalue weighted by molar-refractivity contribution is 0.280. The molecule has 4 N–H and O–H groups in total. The zero-order chi connectivity index (χ0) is 21.9. The summed E-state index contributed by atoms with van der Waals surface area (Å²) >= 11 is 0. The maximum Gasteiger partial charge on any atom is 0.227 e. The normalized spacial score (nSPS) is 11.0. The highest BCUT2D eigenvalue weighted by Gasteiger charge is 2.20. The lowest BCUT2D eigenvalue weighted by Gasteiger charge is -2.13. The number of aliphatic hydroxyl groups is 1. The molecule has 2 aromatic rings. The number of halogens is 2. The molecular formula is C19H23F2N5O4. The van der Waals surface area contributed by atoms with Gasteiger partial charge in [0.1, 0.15) is 6.61 Å². The zero-order valence-corrected chi connectivity index (χ0v) is 16.5. The zero-order valence-electron chi connectivity index (χ0n) is 16.5. The first-order valence-electron chi connectivity index (χ1n) is 8.89. The number of ether oxygens (including phenoxy) is 3. The molecule has 0 amide bonds. The Hall–Kier alpha value is -3.47. The molecule has 0 saturated carbocycles. The highest BCUT2D eigenvalue weighted by atomic mass is 19.1. The van der Waals surface area contributed by atoms with Gasteiger partial charge in [0.15, 0.2) is 28.9 Å². The molecule has 0 unspecified atom stereocenters. The summed E-state index contributed by atoms with van der Waals surface area (Å²) in [4.78, 5) is 8.08. The molecular weight excluding hydrogens is 400 g/mol. The van der Waals surface area contributed by atoms with E-state index in [4.69, 9.17) is 24.7 Å². The van der Waals surface area contributed by atoms with Crippen LogP contribution in [0.5, 0.6) is 17.2 Å². The number of rotatable bonds is 12. The Kier molecular flexibility index (Phi) is 8.75. The molecule has 9 nitrogen and oxygen atoms in total. The fourth-order valence-electron chi connectivity index (χ4n) is 2.28. The molecule has 0 radical (unpaired) electrons. The van der Waals surface area contributed by atoms with Crippen LogP contribution >= 0.6 is 0 Å². The Morgan fingerprint density at radius 1 is 1.17 bits per heavy atom. The van der Waals surface area contributed by atoms with E-state index in [1.165, 1.54) is 26.6 Å². The number of methoxy groups -OCH3 is 2. The average Bonchev–Trinajstić information content (AvgIpc) is 2.77. The Morgan fingerprint density at radius 3 is 2.33 bits per heavy atom. The van der Waals surface area contributed by atoms with Crippen molar-refractivity contribution in [2.75, 3.05) is 32.7 Å². The van der Waals surface area contributed by atoms with Gasteiger partial charge in [-0.1, -0.05) is 0 Å². The van der Waals surface area contributed by atoms with E-state index in [1.807, 2.05) is 0 Å². The molecule has 0 aliphatic rings. The first kappa shape index (κ1) is 22.8. The van der Waals surface area contributed by atoms with E-state index in [2.05, 4.69) is 20.6 Å². The van der Waals surface area contributed by atoms with Gasteiger partial charge < -0.3 is 35.4 Å². The first-order valence-corrected chi connectivity index (χ1v) is 8.89. The van der Waals surface area contributed by atoms with E-state index in [0.29, 0.717) is 18.7 Å². The lowest BCUT2D eigenvalue weighted by Crippen LogP contribution is -2.13. The van der Waals surface area contributed by atoms with Gasteiger partial charge in [-0.25, -0.2) is 18.7 Å². The summed E-state index contributed by atoms with van der Waals surface area (Å²) in [6.45, 7) is 0.183. The second kappa shape index (κ2) is 11.5. The summed E-state index contributed by atoms with van der Waals surface area (Å²) in [5, 5.41) is 21.9. The van der Waals surface area contributed by atoms with Crippen LogP contribution in [-0.2, 0) is 6.61 Å². The molecule has 162 valence electrons. The number of nitrogens with one attached hydrogen (secondary N) is 3. The van der Waals surface area contributed by atoms with Crippen LogP contribution in [0.2, 0.25) is 0 Å². The number of aliphatic hydroxyl groups excluding tert-OH is 1. The minimum Gasteiger partial charge on any atom is -0.494 e. The largest absolute Gasteiger partial charge is 0.494 e. The van der Waals surface area contributed by atoms with Crippen LogP contribution in [0.4, 0.5) is 14.7 Å². The molecule has 0 aliphatic carbocycles. The SMILES string of the molecule is COc1cc(OC)c(F)c(COc2cnc(N/C(C=N)=C/NCCCO)nc2)c1F. The third kappa shape index (κ3) is 6.01. The molecule has 0 spiro atoms. The summed E-state index contributed by atoms with van der Waals surface area (Å²) in [5.74, 6) is -1.72. The van der Waals surface area contributed by atoms with Gasteiger partial charge in [0.2, 0.25) is 5.95 Å². The molecule has 0 atom stereocenters. The molecule has 0 bridgehead atoms. The van der Waals surface area contributed by atoms with Gasteiger partial charge in [-0.2, -0.15) is 0 Å². The van der Waals surface area contributed by atoms with Crippen molar-refractivity contribution in [3.63, 3.8) is 0 Å². The van der Waals surface area contributed by atoms with Crippen LogP contribution in [0.3, 0.4) is 0 Å². The number of nitrogens with zero attached hydrogens (tertiary/aromatic N) is 2. The van der Waals surface area contributed by atoms with Crippen molar-refractivity contribution in [1.29, 1.82) is 5.41 Å². The van der Waals surface area contributed by atoms with Crippen molar-refractivity contribution < 1.29 is 28.1 Å². The standard InChI is InChI=1S/C19H23F2N5O4/c1-28-15-6-16(29-2)18(21)14(17(15)20)11-30-13-9-24-19(25-10-13)26-12(7-22)8-23-4-3-5-27/h6-10,22-23,27H,3-5,11H2,1-2H3,(H,24,25,26)/b12-8+,22-7?. The molecule has 1 heterocycles. The van der Waals surface area contributed by atoms with Crippen LogP contribution in [0.25, 0.3) is 0 Å². The molecule has 0 aliphatic heterocycles. The second-order valence-electron chi connectivity index (χ2n) is 5.82. The van der Waals surface area contributed by atoms with E-state index in [0.717, 1.165) is 12.3 Å². The van der Waals surface area contributed by atoms with Gasteiger partial charge in [0.25, 0.3) is 0 Å². The summed E-state index contributed by atoms with van der Waals surface area (Å²) < 4.78 is 43.9. The predicted molar refractivity (Wildman–Crippen MR) is 106 cm³/mol. The van der Waals surface area contributed by atoms with Crippen LogP contribution < -0.4 is 24.8 Å². The summed E-state index contributed by atoms with van der Waals surface area (Å²) in [6, 6.07) is 1.12. The highest BCUT2D eigenvalue weighted by molar-refractivity contribution is 5.79. The molecule has 1 aromatic heterocycles. The van der Waals surface area contributed by atoms with E-state index in [9.17, 15) is 8.78 Å². The van der Waals surface area contributed by atoms with Gasteiger partial charge in [-0.3, -0.25) is 0 Å². The second-order valence-corrected chi connectivity index (χ2v) is 5.82.